The van der Waals surface area contributed by atoms with Crippen LogP contribution in [-0.4, -0.2) is 21.2 Å². The second-order valence-corrected chi connectivity index (χ2v) is 3.68. The number of H-pyrrole nitrogens is 2. The number of rotatable bonds is 2. The second kappa shape index (κ2) is 4.03. The summed E-state index contributed by atoms with van der Waals surface area (Å²) in [6.07, 6.45) is 2.99. The number of halogens is 1. The maximum atomic E-state index is 11.2. The molecule has 5 N–H and O–H groups in total. The van der Waals surface area contributed by atoms with Gasteiger partial charge in [0.05, 0.1) is 12.2 Å². The second-order valence-electron chi connectivity index (χ2n) is 3.30. The molecule has 1 unspecified atom stereocenters. The third-order valence-electron chi connectivity index (χ3n) is 2.19. The van der Waals surface area contributed by atoms with Crippen LogP contribution < -0.4 is 22.3 Å². The molecule has 2 rings (SSSR count). The maximum absolute atomic E-state index is 11.2. The fourth-order valence-electron chi connectivity index (χ4n) is 1.39. The Morgan fingerprint density at radius 3 is 2.81 bits per heavy atom. The normalized spacial score (nSPS) is 18.9. The van der Waals surface area contributed by atoms with Gasteiger partial charge in [0, 0.05) is 12.4 Å². The molecule has 0 spiro atoms. The van der Waals surface area contributed by atoms with Crippen molar-refractivity contribution in [2.45, 2.75) is 12.8 Å². The number of hydrogen-bond donors (Lipinski definition) is 4. The van der Waals surface area contributed by atoms with Crippen molar-refractivity contribution in [1.82, 2.24) is 20.2 Å². The van der Waals surface area contributed by atoms with Crippen LogP contribution in [0.5, 0.6) is 0 Å². The molecule has 0 aliphatic carbocycles. The van der Waals surface area contributed by atoms with Gasteiger partial charge in [-0.3, -0.25) is 15.5 Å². The van der Waals surface area contributed by atoms with Gasteiger partial charge in [0.2, 0.25) is 0 Å². The molecule has 0 saturated heterocycles. The summed E-state index contributed by atoms with van der Waals surface area (Å²) in [7, 11) is 0. The lowest BCUT2D eigenvalue weighted by Crippen LogP contribution is -2.43. The molecule has 1 aromatic heterocycles. The average Bonchev–Trinajstić information content (AvgIpc) is 2.60. The fraction of sp³-hybridized carbons (Fsp3) is 0.250. The monoisotopic (exact) mass is 243 g/mol. The Morgan fingerprint density at radius 2 is 2.19 bits per heavy atom. The van der Waals surface area contributed by atoms with Crippen LogP contribution in [0.15, 0.2) is 22.0 Å². The summed E-state index contributed by atoms with van der Waals surface area (Å²) < 4.78 is 0. The summed E-state index contributed by atoms with van der Waals surface area (Å²) in [6.45, 7) is 0.253. The minimum absolute atomic E-state index is 0.0351. The van der Waals surface area contributed by atoms with Crippen molar-refractivity contribution < 1.29 is 0 Å². The molecule has 8 heteroatoms. The maximum Gasteiger partial charge on any atom is 0.326 e. The van der Waals surface area contributed by atoms with Gasteiger partial charge in [-0.15, -0.1) is 0 Å². The van der Waals surface area contributed by atoms with E-state index in [2.05, 4.69) is 10.3 Å². The predicted octanol–water partition coefficient (Wildman–Crippen LogP) is -1.16. The van der Waals surface area contributed by atoms with E-state index in [4.69, 9.17) is 17.3 Å². The van der Waals surface area contributed by atoms with Crippen molar-refractivity contribution in [3.63, 3.8) is 0 Å². The molecule has 0 aromatic carbocycles. The van der Waals surface area contributed by atoms with E-state index in [1.54, 1.807) is 17.3 Å². The standard InChI is InChI=1S/C8H10ClN5O2/c9-5-4(12-8(16)13-6(5)15)3-14-2-1-11-7(14)10/h1-2,7,11H,3,10H2,(H2,12,13,15,16). The molecular formula is C8H10ClN5O2. The van der Waals surface area contributed by atoms with Gasteiger partial charge < -0.3 is 15.2 Å². The summed E-state index contributed by atoms with van der Waals surface area (Å²) >= 11 is 5.77. The van der Waals surface area contributed by atoms with E-state index in [0.29, 0.717) is 5.69 Å². The van der Waals surface area contributed by atoms with Crippen LogP contribution in [0.3, 0.4) is 0 Å². The van der Waals surface area contributed by atoms with Crippen LogP contribution in [0.2, 0.25) is 5.02 Å². The van der Waals surface area contributed by atoms with Gasteiger partial charge in [0.15, 0.2) is 6.29 Å². The minimum atomic E-state index is -0.606. The third kappa shape index (κ3) is 1.95. The quantitative estimate of drug-likeness (QED) is 0.524. The van der Waals surface area contributed by atoms with Crippen molar-refractivity contribution in [2.24, 2.45) is 5.73 Å². The highest BCUT2D eigenvalue weighted by Gasteiger charge is 2.16. The molecule has 0 radical (unpaired) electrons. The van der Waals surface area contributed by atoms with E-state index >= 15 is 0 Å². The van der Waals surface area contributed by atoms with Gasteiger partial charge in [-0.1, -0.05) is 11.6 Å². The smallest absolute Gasteiger partial charge is 0.326 e. The Kier molecular flexibility index (Phi) is 2.71. The Balaban J connectivity index is 2.31. The van der Waals surface area contributed by atoms with Gasteiger partial charge in [-0.25, -0.2) is 4.79 Å². The van der Waals surface area contributed by atoms with Crippen LogP contribution in [-0.2, 0) is 6.54 Å². The number of nitrogens with one attached hydrogen (secondary N) is 3. The molecule has 0 bridgehead atoms. The SMILES string of the molecule is NC1NC=CN1Cc1[nH]c(=O)[nH]c(=O)c1Cl. The van der Waals surface area contributed by atoms with E-state index in [9.17, 15) is 9.59 Å². The van der Waals surface area contributed by atoms with Crippen molar-refractivity contribution >= 4 is 11.6 Å². The molecule has 16 heavy (non-hydrogen) atoms. The summed E-state index contributed by atoms with van der Waals surface area (Å²) in [4.78, 5) is 28.5. The lowest BCUT2D eigenvalue weighted by Gasteiger charge is -2.21. The molecule has 1 aliphatic heterocycles. The van der Waals surface area contributed by atoms with Gasteiger partial charge in [-0.2, -0.15) is 0 Å². The topological polar surface area (TPSA) is 107 Å². The van der Waals surface area contributed by atoms with Crippen molar-refractivity contribution in [3.05, 3.63) is 44.0 Å². The Hall–Kier alpha value is -1.73. The summed E-state index contributed by atoms with van der Waals surface area (Å²) in [5.74, 6) is 0. The van der Waals surface area contributed by atoms with Crippen LogP contribution >= 0.6 is 11.6 Å². The molecular weight excluding hydrogens is 234 g/mol. The van der Waals surface area contributed by atoms with Crippen LogP contribution in [0.1, 0.15) is 5.69 Å². The van der Waals surface area contributed by atoms with E-state index in [1.807, 2.05) is 4.98 Å². The lowest BCUT2D eigenvalue weighted by atomic mass is 10.4. The summed E-state index contributed by atoms with van der Waals surface area (Å²) in [5.41, 5.74) is 4.82. The first-order chi connectivity index (χ1) is 7.58. The predicted molar refractivity (Wildman–Crippen MR) is 58.5 cm³/mol. The number of nitrogens with two attached hydrogens (primary N) is 1. The fourth-order valence-corrected chi connectivity index (χ4v) is 1.54. The Morgan fingerprint density at radius 1 is 1.44 bits per heavy atom. The number of hydrogen-bond acceptors (Lipinski definition) is 5. The highest BCUT2D eigenvalue weighted by molar-refractivity contribution is 6.30. The first kappa shape index (κ1) is 10.8. The summed E-state index contributed by atoms with van der Waals surface area (Å²) in [6, 6.07) is 0. The molecule has 1 atom stereocenters. The molecule has 86 valence electrons. The Labute approximate surface area is 94.9 Å². The molecule has 2 heterocycles. The molecule has 7 nitrogen and oxygen atoms in total. The summed E-state index contributed by atoms with van der Waals surface area (Å²) in [5, 5.41) is 2.81. The van der Waals surface area contributed by atoms with E-state index in [0.717, 1.165) is 0 Å². The molecule has 1 aliphatic rings. The van der Waals surface area contributed by atoms with Crippen molar-refractivity contribution in [1.29, 1.82) is 0 Å². The minimum Gasteiger partial charge on any atom is -0.358 e. The van der Waals surface area contributed by atoms with E-state index in [1.165, 1.54) is 0 Å². The van der Waals surface area contributed by atoms with Gasteiger partial charge in [0.1, 0.15) is 5.02 Å². The molecule has 0 amide bonds. The molecule has 1 aromatic rings. The highest BCUT2D eigenvalue weighted by Crippen LogP contribution is 2.11. The zero-order valence-corrected chi connectivity index (χ0v) is 8.91. The number of nitrogens with zero attached hydrogens (tertiary/aromatic N) is 1. The zero-order chi connectivity index (χ0) is 11.7. The first-order valence-corrected chi connectivity index (χ1v) is 4.91. The lowest BCUT2D eigenvalue weighted by molar-refractivity contribution is 0.274. The molecule has 0 saturated carbocycles. The van der Waals surface area contributed by atoms with Crippen LogP contribution in [0.4, 0.5) is 0 Å². The number of aromatic nitrogens is 2. The van der Waals surface area contributed by atoms with Gasteiger partial charge in [-0.05, 0) is 0 Å². The van der Waals surface area contributed by atoms with E-state index in [-0.39, 0.29) is 17.9 Å². The molecule has 0 fully saturated rings. The highest BCUT2D eigenvalue weighted by atomic mass is 35.5. The van der Waals surface area contributed by atoms with Crippen LogP contribution in [0, 0.1) is 0 Å². The first-order valence-electron chi connectivity index (χ1n) is 4.53. The largest absolute Gasteiger partial charge is 0.358 e. The van der Waals surface area contributed by atoms with Crippen molar-refractivity contribution in [3.8, 4) is 0 Å². The van der Waals surface area contributed by atoms with Crippen LogP contribution in [0.25, 0.3) is 0 Å². The average molecular weight is 244 g/mol. The number of aromatic amines is 2. The van der Waals surface area contributed by atoms with Gasteiger partial charge in [0.25, 0.3) is 5.56 Å². The Bertz CT molecular complexity index is 534. The zero-order valence-electron chi connectivity index (χ0n) is 8.16. The van der Waals surface area contributed by atoms with E-state index < -0.39 is 11.2 Å². The van der Waals surface area contributed by atoms with Crippen molar-refractivity contribution in [2.75, 3.05) is 0 Å². The third-order valence-corrected chi connectivity index (χ3v) is 2.59. The van der Waals surface area contributed by atoms with Gasteiger partial charge >= 0.3 is 5.69 Å².